The lowest BCUT2D eigenvalue weighted by Crippen LogP contribution is -2.42. The summed E-state index contributed by atoms with van der Waals surface area (Å²) in [6.07, 6.45) is -0.452. The van der Waals surface area contributed by atoms with Crippen LogP contribution >= 0.6 is 11.3 Å². The Kier molecular flexibility index (Phi) is 5.06. The summed E-state index contributed by atoms with van der Waals surface area (Å²) in [6, 6.07) is 7.36. The molecular weight excluding hydrogens is 302 g/mol. The fourth-order valence-corrected chi connectivity index (χ4v) is 2.58. The fraction of sp³-hybridized carbons (Fsp3) is 0.188. The first-order valence-electron chi connectivity index (χ1n) is 6.63. The highest BCUT2D eigenvalue weighted by Gasteiger charge is 2.25. The molecule has 0 fully saturated rings. The highest BCUT2D eigenvalue weighted by molar-refractivity contribution is 7.08. The summed E-state index contributed by atoms with van der Waals surface area (Å²) in [5, 5.41) is 14.8. The number of thiophene rings is 1. The molecule has 1 atom stereocenters. The van der Waals surface area contributed by atoms with E-state index in [1.165, 1.54) is 11.3 Å². The van der Waals surface area contributed by atoms with Crippen molar-refractivity contribution in [1.29, 1.82) is 0 Å². The van der Waals surface area contributed by atoms with Gasteiger partial charge >= 0.3 is 5.97 Å². The Labute approximate surface area is 131 Å². The number of carboxylic acids is 1. The number of carbonyl (C=O) groups excluding carboxylic acids is 2. The van der Waals surface area contributed by atoms with E-state index in [9.17, 15) is 14.4 Å². The summed E-state index contributed by atoms with van der Waals surface area (Å²) < 4.78 is 0. The molecule has 1 heterocycles. The molecule has 5 nitrogen and oxygen atoms in total. The van der Waals surface area contributed by atoms with Gasteiger partial charge in [0.25, 0.3) is 5.91 Å². The van der Waals surface area contributed by atoms with Crippen LogP contribution in [-0.2, 0) is 4.79 Å². The molecule has 0 aliphatic heterocycles. The third-order valence-electron chi connectivity index (χ3n) is 3.12. The minimum Gasteiger partial charge on any atom is -0.481 e. The molecule has 6 heteroatoms. The summed E-state index contributed by atoms with van der Waals surface area (Å²) in [7, 11) is 0. The van der Waals surface area contributed by atoms with Crippen LogP contribution in [0.4, 0.5) is 0 Å². The van der Waals surface area contributed by atoms with Crippen LogP contribution in [-0.4, -0.2) is 28.8 Å². The number of amides is 1. The molecule has 1 aromatic carbocycles. The molecule has 114 valence electrons. The van der Waals surface area contributed by atoms with E-state index >= 15 is 0 Å². The van der Waals surface area contributed by atoms with E-state index in [4.69, 9.17) is 5.11 Å². The maximum absolute atomic E-state index is 12.3. The van der Waals surface area contributed by atoms with Crippen LogP contribution in [0.2, 0.25) is 0 Å². The molecule has 1 unspecified atom stereocenters. The number of hydrogen-bond acceptors (Lipinski definition) is 4. The zero-order valence-corrected chi connectivity index (χ0v) is 12.7. The van der Waals surface area contributed by atoms with Crippen LogP contribution < -0.4 is 5.32 Å². The standard InChI is InChI=1S/C16H15NO4S/c1-10-2-4-11(5-3-10)16(21)17-13(8-14(18)19)15(20)12-6-7-22-9-12/h2-7,9,13H,8H2,1H3,(H,17,21)(H,18,19). The molecule has 0 saturated carbocycles. The molecule has 0 aliphatic carbocycles. The van der Waals surface area contributed by atoms with Gasteiger partial charge in [0.15, 0.2) is 5.78 Å². The van der Waals surface area contributed by atoms with Gasteiger partial charge in [-0.05, 0) is 30.5 Å². The molecular formula is C16H15NO4S. The van der Waals surface area contributed by atoms with E-state index in [0.29, 0.717) is 11.1 Å². The SMILES string of the molecule is Cc1ccc(C(=O)NC(CC(=O)O)C(=O)c2ccsc2)cc1. The van der Waals surface area contributed by atoms with Crippen molar-refractivity contribution >= 4 is 29.0 Å². The van der Waals surface area contributed by atoms with Gasteiger partial charge in [0, 0.05) is 16.5 Å². The largest absolute Gasteiger partial charge is 0.481 e. The molecule has 2 rings (SSSR count). The van der Waals surface area contributed by atoms with Gasteiger partial charge in [-0.25, -0.2) is 0 Å². The Morgan fingerprint density at radius 3 is 2.36 bits per heavy atom. The fourth-order valence-electron chi connectivity index (χ4n) is 1.94. The summed E-state index contributed by atoms with van der Waals surface area (Å²) in [5.41, 5.74) is 1.80. The molecule has 0 bridgehead atoms. The third kappa shape index (κ3) is 4.02. The normalized spacial score (nSPS) is 11.7. The van der Waals surface area contributed by atoms with E-state index in [0.717, 1.165) is 5.56 Å². The molecule has 1 amide bonds. The summed E-state index contributed by atoms with van der Waals surface area (Å²) in [6.45, 7) is 1.90. The maximum atomic E-state index is 12.3. The lowest BCUT2D eigenvalue weighted by molar-refractivity contribution is -0.137. The van der Waals surface area contributed by atoms with Gasteiger partial charge in [-0.3, -0.25) is 14.4 Å². The van der Waals surface area contributed by atoms with E-state index in [1.807, 2.05) is 6.92 Å². The van der Waals surface area contributed by atoms with Crippen molar-refractivity contribution in [3.05, 3.63) is 57.8 Å². The lowest BCUT2D eigenvalue weighted by Gasteiger charge is -2.15. The van der Waals surface area contributed by atoms with Gasteiger partial charge in [0.2, 0.25) is 0 Å². The Morgan fingerprint density at radius 1 is 1.14 bits per heavy atom. The van der Waals surface area contributed by atoms with E-state index in [1.54, 1.807) is 41.1 Å². The number of ketones is 1. The predicted octanol–water partition coefficient (Wildman–Crippen LogP) is 2.51. The van der Waals surface area contributed by atoms with Crippen molar-refractivity contribution < 1.29 is 19.5 Å². The van der Waals surface area contributed by atoms with Crippen LogP contribution in [0.15, 0.2) is 41.1 Å². The Morgan fingerprint density at radius 2 is 1.82 bits per heavy atom. The highest BCUT2D eigenvalue weighted by atomic mass is 32.1. The van der Waals surface area contributed by atoms with E-state index < -0.39 is 30.1 Å². The molecule has 2 aromatic rings. The van der Waals surface area contributed by atoms with Crippen molar-refractivity contribution in [2.45, 2.75) is 19.4 Å². The zero-order valence-electron chi connectivity index (χ0n) is 11.9. The minimum absolute atomic E-state index is 0.388. The van der Waals surface area contributed by atoms with Crippen LogP contribution in [0.5, 0.6) is 0 Å². The first-order chi connectivity index (χ1) is 10.5. The van der Waals surface area contributed by atoms with Crippen molar-refractivity contribution in [2.24, 2.45) is 0 Å². The van der Waals surface area contributed by atoms with Gasteiger partial charge in [0.1, 0.15) is 6.04 Å². The zero-order chi connectivity index (χ0) is 16.1. The molecule has 0 saturated heterocycles. The highest BCUT2D eigenvalue weighted by Crippen LogP contribution is 2.12. The molecule has 0 aliphatic rings. The van der Waals surface area contributed by atoms with Crippen LogP contribution in [0.25, 0.3) is 0 Å². The molecule has 0 radical (unpaired) electrons. The second-order valence-corrected chi connectivity index (χ2v) is 5.65. The number of Topliss-reactive ketones (excluding diaryl/α,β-unsaturated/α-hetero) is 1. The second-order valence-electron chi connectivity index (χ2n) is 4.87. The number of carboxylic acid groups (broad SMARTS) is 1. The molecule has 0 spiro atoms. The van der Waals surface area contributed by atoms with Crippen LogP contribution in [0.3, 0.4) is 0 Å². The Hall–Kier alpha value is -2.47. The number of benzene rings is 1. The van der Waals surface area contributed by atoms with E-state index in [2.05, 4.69) is 5.32 Å². The van der Waals surface area contributed by atoms with Gasteiger partial charge in [-0.2, -0.15) is 11.3 Å². The van der Waals surface area contributed by atoms with Crippen LogP contribution in [0, 0.1) is 6.92 Å². The summed E-state index contributed by atoms with van der Waals surface area (Å²) >= 11 is 1.34. The second kappa shape index (κ2) is 7.00. The first-order valence-corrected chi connectivity index (χ1v) is 7.57. The van der Waals surface area contributed by atoms with Gasteiger partial charge in [-0.1, -0.05) is 17.7 Å². The number of aryl methyl sites for hydroxylation is 1. The van der Waals surface area contributed by atoms with Crippen molar-refractivity contribution in [3.63, 3.8) is 0 Å². The summed E-state index contributed by atoms with van der Waals surface area (Å²) in [5.74, 6) is -2.00. The van der Waals surface area contributed by atoms with Crippen molar-refractivity contribution in [1.82, 2.24) is 5.32 Å². The Bertz CT molecular complexity index is 677. The molecule has 2 N–H and O–H groups in total. The van der Waals surface area contributed by atoms with Gasteiger partial charge in [-0.15, -0.1) is 0 Å². The number of hydrogen-bond donors (Lipinski definition) is 2. The third-order valence-corrected chi connectivity index (χ3v) is 3.80. The quantitative estimate of drug-likeness (QED) is 0.802. The average Bonchev–Trinajstić information content (AvgIpc) is 3.00. The number of aliphatic carboxylic acids is 1. The number of carbonyl (C=O) groups is 3. The van der Waals surface area contributed by atoms with Crippen molar-refractivity contribution in [3.8, 4) is 0 Å². The van der Waals surface area contributed by atoms with E-state index in [-0.39, 0.29) is 0 Å². The average molecular weight is 317 g/mol. The smallest absolute Gasteiger partial charge is 0.305 e. The minimum atomic E-state index is -1.14. The number of nitrogens with one attached hydrogen (secondary N) is 1. The molecule has 1 aromatic heterocycles. The Balaban J connectivity index is 2.15. The van der Waals surface area contributed by atoms with Crippen LogP contribution in [0.1, 0.15) is 32.7 Å². The number of rotatable bonds is 6. The molecule has 22 heavy (non-hydrogen) atoms. The lowest BCUT2D eigenvalue weighted by atomic mass is 10.0. The summed E-state index contributed by atoms with van der Waals surface area (Å²) in [4.78, 5) is 35.4. The monoisotopic (exact) mass is 317 g/mol. The van der Waals surface area contributed by atoms with Crippen molar-refractivity contribution in [2.75, 3.05) is 0 Å². The maximum Gasteiger partial charge on any atom is 0.305 e. The topological polar surface area (TPSA) is 83.5 Å². The first kappa shape index (κ1) is 15.9. The van der Waals surface area contributed by atoms with Gasteiger partial charge in [0.05, 0.1) is 6.42 Å². The van der Waals surface area contributed by atoms with Gasteiger partial charge < -0.3 is 10.4 Å². The predicted molar refractivity (Wildman–Crippen MR) is 83.3 cm³/mol.